The zero-order valence-corrected chi connectivity index (χ0v) is 12.1. The summed E-state index contributed by atoms with van der Waals surface area (Å²) >= 11 is 0. The molecule has 2 rings (SSSR count). The van der Waals surface area contributed by atoms with Gasteiger partial charge in [-0.1, -0.05) is 13.0 Å². The molecule has 0 radical (unpaired) electrons. The fourth-order valence-corrected chi connectivity index (χ4v) is 1.68. The summed E-state index contributed by atoms with van der Waals surface area (Å²) in [6, 6.07) is 5.04. The predicted molar refractivity (Wildman–Crippen MR) is 77.9 cm³/mol. The molecule has 118 valence electrons. The summed E-state index contributed by atoms with van der Waals surface area (Å²) in [7, 11) is 0. The predicted octanol–water partition coefficient (Wildman–Crippen LogP) is 3.84. The second-order valence-electron chi connectivity index (χ2n) is 4.82. The molecule has 0 spiro atoms. The van der Waals surface area contributed by atoms with Crippen molar-refractivity contribution in [2.45, 2.75) is 32.5 Å². The van der Waals surface area contributed by atoms with Crippen LogP contribution in [0, 0.1) is 0 Å². The number of benzene rings is 1. The van der Waals surface area contributed by atoms with Gasteiger partial charge < -0.3 is 10.6 Å². The van der Waals surface area contributed by atoms with Gasteiger partial charge in [-0.25, -0.2) is 0 Å². The number of nitrogens with zero attached hydrogens (tertiary/aromatic N) is 3. The van der Waals surface area contributed by atoms with Gasteiger partial charge in [0.15, 0.2) is 5.82 Å². The first-order chi connectivity index (χ1) is 10.4. The molecule has 0 fully saturated rings. The molecule has 1 unspecified atom stereocenters. The van der Waals surface area contributed by atoms with Crippen molar-refractivity contribution in [1.29, 1.82) is 0 Å². The summed E-state index contributed by atoms with van der Waals surface area (Å²) in [4.78, 5) is 4.17. The van der Waals surface area contributed by atoms with E-state index >= 15 is 0 Å². The quantitative estimate of drug-likeness (QED) is 0.878. The fraction of sp³-hybridized carbons (Fsp3) is 0.357. The van der Waals surface area contributed by atoms with Crippen molar-refractivity contribution >= 4 is 17.5 Å². The third-order valence-corrected chi connectivity index (χ3v) is 3.01. The first-order valence-corrected chi connectivity index (χ1v) is 6.79. The zero-order valence-electron chi connectivity index (χ0n) is 12.1. The van der Waals surface area contributed by atoms with Crippen LogP contribution >= 0.6 is 0 Å². The second kappa shape index (κ2) is 6.59. The van der Waals surface area contributed by atoms with Crippen LogP contribution < -0.4 is 10.6 Å². The van der Waals surface area contributed by atoms with Gasteiger partial charge in [-0.2, -0.15) is 23.3 Å². The van der Waals surface area contributed by atoms with Gasteiger partial charge in [-0.15, -0.1) is 5.10 Å². The van der Waals surface area contributed by atoms with Crippen molar-refractivity contribution in [3.05, 3.63) is 36.0 Å². The summed E-state index contributed by atoms with van der Waals surface area (Å²) < 4.78 is 38.0. The lowest BCUT2D eigenvalue weighted by molar-refractivity contribution is -0.137. The smallest absolute Gasteiger partial charge is 0.366 e. The number of hydrogen-bond donors (Lipinski definition) is 2. The number of anilines is 3. The van der Waals surface area contributed by atoms with Gasteiger partial charge in [0, 0.05) is 11.7 Å². The van der Waals surface area contributed by atoms with Crippen molar-refractivity contribution < 1.29 is 13.2 Å². The molecule has 0 aliphatic carbocycles. The number of halogens is 3. The van der Waals surface area contributed by atoms with E-state index in [2.05, 4.69) is 25.8 Å². The maximum atomic E-state index is 12.7. The molecule has 0 aliphatic heterocycles. The van der Waals surface area contributed by atoms with Crippen molar-refractivity contribution in [3.63, 3.8) is 0 Å². The Labute approximate surface area is 126 Å². The highest BCUT2D eigenvalue weighted by molar-refractivity contribution is 5.55. The molecule has 0 saturated carbocycles. The summed E-state index contributed by atoms with van der Waals surface area (Å²) in [6.45, 7) is 4.01. The third-order valence-electron chi connectivity index (χ3n) is 3.01. The van der Waals surface area contributed by atoms with Gasteiger partial charge in [-0.05, 0) is 31.5 Å². The van der Waals surface area contributed by atoms with Gasteiger partial charge in [0.05, 0.1) is 11.8 Å². The summed E-state index contributed by atoms with van der Waals surface area (Å²) in [5.41, 5.74) is -0.489. The molecule has 1 aromatic heterocycles. The lowest BCUT2D eigenvalue weighted by Gasteiger charge is -2.12. The molecule has 0 amide bonds. The van der Waals surface area contributed by atoms with Gasteiger partial charge in [-0.3, -0.25) is 0 Å². The monoisotopic (exact) mass is 311 g/mol. The average molecular weight is 311 g/mol. The van der Waals surface area contributed by atoms with Crippen LogP contribution in [0.15, 0.2) is 30.5 Å². The minimum Gasteiger partial charge on any atom is -0.366 e. The first kappa shape index (κ1) is 16.0. The SMILES string of the molecule is CCC(C)Nc1cnnc(Nc2cccc(C(F)(F)F)c2)n1. The molecule has 8 heteroatoms. The van der Waals surface area contributed by atoms with E-state index in [1.165, 1.54) is 18.3 Å². The number of aromatic nitrogens is 3. The molecule has 0 bridgehead atoms. The number of rotatable bonds is 5. The minimum absolute atomic E-state index is 0.132. The van der Waals surface area contributed by atoms with Crippen LogP contribution in [0.3, 0.4) is 0 Å². The van der Waals surface area contributed by atoms with Gasteiger partial charge >= 0.3 is 6.18 Å². The van der Waals surface area contributed by atoms with Gasteiger partial charge in [0.25, 0.3) is 0 Å². The zero-order chi connectivity index (χ0) is 16.2. The van der Waals surface area contributed by atoms with Crippen LogP contribution in [0.4, 0.5) is 30.6 Å². The Morgan fingerprint density at radius 1 is 1.27 bits per heavy atom. The largest absolute Gasteiger partial charge is 0.416 e. The Morgan fingerprint density at radius 2 is 2.05 bits per heavy atom. The first-order valence-electron chi connectivity index (χ1n) is 6.79. The standard InChI is InChI=1S/C14H16F3N5/c1-3-9(2)19-12-8-18-22-13(21-12)20-11-6-4-5-10(7-11)14(15,16)17/h4-9H,3H2,1-2H3,(H2,19,20,21,22). The van der Waals surface area contributed by atoms with Gasteiger partial charge in [0.2, 0.25) is 5.95 Å². The molecule has 2 N–H and O–H groups in total. The van der Waals surface area contributed by atoms with Crippen molar-refractivity contribution in [3.8, 4) is 0 Å². The van der Waals surface area contributed by atoms with Crippen LogP contribution in [-0.2, 0) is 6.18 Å². The summed E-state index contributed by atoms with van der Waals surface area (Å²) in [5.74, 6) is 0.645. The Bertz CT molecular complexity index is 630. The molecule has 22 heavy (non-hydrogen) atoms. The van der Waals surface area contributed by atoms with Crippen LogP contribution in [0.25, 0.3) is 0 Å². The third kappa shape index (κ3) is 4.31. The van der Waals surface area contributed by atoms with Crippen molar-refractivity contribution in [1.82, 2.24) is 15.2 Å². The van der Waals surface area contributed by atoms with E-state index in [0.29, 0.717) is 5.82 Å². The van der Waals surface area contributed by atoms with Crippen LogP contribution in [0.1, 0.15) is 25.8 Å². The summed E-state index contributed by atoms with van der Waals surface area (Å²) in [6.07, 6.45) is -2.03. The maximum Gasteiger partial charge on any atom is 0.416 e. The highest BCUT2D eigenvalue weighted by atomic mass is 19.4. The van der Waals surface area contributed by atoms with E-state index in [4.69, 9.17) is 0 Å². The Morgan fingerprint density at radius 3 is 2.73 bits per heavy atom. The van der Waals surface area contributed by atoms with E-state index in [0.717, 1.165) is 18.6 Å². The van der Waals surface area contributed by atoms with Crippen LogP contribution in [0.2, 0.25) is 0 Å². The van der Waals surface area contributed by atoms with Crippen molar-refractivity contribution in [2.24, 2.45) is 0 Å². The van der Waals surface area contributed by atoms with E-state index in [9.17, 15) is 13.2 Å². The molecule has 1 aromatic carbocycles. The number of nitrogens with one attached hydrogen (secondary N) is 2. The topological polar surface area (TPSA) is 62.7 Å². The fourth-order valence-electron chi connectivity index (χ4n) is 1.68. The second-order valence-corrected chi connectivity index (χ2v) is 4.82. The highest BCUT2D eigenvalue weighted by Gasteiger charge is 2.30. The number of alkyl halides is 3. The van der Waals surface area contributed by atoms with E-state index in [1.807, 2.05) is 13.8 Å². The number of hydrogen-bond acceptors (Lipinski definition) is 5. The van der Waals surface area contributed by atoms with E-state index in [1.54, 1.807) is 0 Å². The van der Waals surface area contributed by atoms with E-state index < -0.39 is 11.7 Å². The molecule has 0 saturated heterocycles. The molecule has 1 atom stereocenters. The lowest BCUT2D eigenvalue weighted by Crippen LogP contribution is -2.15. The molecular formula is C14H16F3N5. The summed E-state index contributed by atoms with van der Waals surface area (Å²) in [5, 5.41) is 13.4. The Balaban J connectivity index is 2.15. The lowest BCUT2D eigenvalue weighted by atomic mass is 10.2. The highest BCUT2D eigenvalue weighted by Crippen LogP contribution is 2.31. The molecule has 5 nitrogen and oxygen atoms in total. The van der Waals surface area contributed by atoms with Crippen LogP contribution in [0.5, 0.6) is 0 Å². The van der Waals surface area contributed by atoms with Gasteiger partial charge in [0.1, 0.15) is 0 Å². The maximum absolute atomic E-state index is 12.7. The van der Waals surface area contributed by atoms with Crippen LogP contribution in [-0.4, -0.2) is 21.2 Å². The minimum atomic E-state index is -4.39. The molecule has 2 aromatic rings. The van der Waals surface area contributed by atoms with Crippen molar-refractivity contribution in [2.75, 3.05) is 10.6 Å². The average Bonchev–Trinajstić information content (AvgIpc) is 2.47. The molecule has 0 aliphatic rings. The molecule has 1 heterocycles. The Kier molecular flexibility index (Phi) is 4.79. The normalized spacial score (nSPS) is 12.8. The van der Waals surface area contributed by atoms with E-state index in [-0.39, 0.29) is 17.7 Å². The Hall–Kier alpha value is -2.38. The molecular weight excluding hydrogens is 295 g/mol.